The lowest BCUT2D eigenvalue weighted by atomic mass is 10.0. The van der Waals surface area contributed by atoms with Crippen molar-refractivity contribution in [3.63, 3.8) is 0 Å². The van der Waals surface area contributed by atoms with Crippen molar-refractivity contribution < 1.29 is 4.57 Å². The van der Waals surface area contributed by atoms with Gasteiger partial charge in [-0.3, -0.25) is 0 Å². The molecule has 0 saturated heterocycles. The molecular weight excluding hydrogens is 484 g/mol. The first-order valence-corrected chi connectivity index (χ1v) is 18.9. The topological polar surface area (TPSA) is 8.81 Å². The summed E-state index contributed by atoms with van der Waals surface area (Å²) in [6, 6.07) is 0. The molecule has 0 unspecified atom stereocenters. The number of imidazole rings is 1. The zero-order chi connectivity index (χ0) is 28.8. The molecule has 1 aromatic heterocycles. The largest absolute Gasteiger partial charge is 0.256 e. The van der Waals surface area contributed by atoms with Gasteiger partial charge in [-0.05, 0) is 32.1 Å². The van der Waals surface area contributed by atoms with Crippen LogP contribution in [0.1, 0.15) is 213 Å². The Morgan fingerprint density at radius 2 is 0.775 bits per heavy atom. The molecule has 0 radical (unpaired) electrons. The second kappa shape index (κ2) is 29.7. The van der Waals surface area contributed by atoms with Gasteiger partial charge in [0.25, 0.3) is 5.82 Å². The van der Waals surface area contributed by atoms with Crippen LogP contribution in [0.15, 0.2) is 12.4 Å². The van der Waals surface area contributed by atoms with E-state index < -0.39 is 0 Å². The van der Waals surface area contributed by atoms with Crippen LogP contribution < -0.4 is 4.57 Å². The maximum Gasteiger partial charge on any atom is 0.256 e. The fourth-order valence-corrected chi connectivity index (χ4v) is 6.33. The van der Waals surface area contributed by atoms with E-state index in [2.05, 4.69) is 42.3 Å². The average Bonchev–Trinajstić information content (AvgIpc) is 3.35. The number of rotatable bonds is 32. The molecule has 1 aromatic rings. The quantitative estimate of drug-likeness (QED) is 0.0613. The van der Waals surface area contributed by atoms with E-state index in [1.807, 2.05) is 0 Å². The Hall–Kier alpha value is -0.790. The Morgan fingerprint density at radius 1 is 0.425 bits per heavy atom. The van der Waals surface area contributed by atoms with Crippen molar-refractivity contribution >= 4 is 0 Å². The lowest BCUT2D eigenvalue weighted by Gasteiger charge is -2.07. The molecular formula is C38H75N2+. The van der Waals surface area contributed by atoms with Crippen molar-refractivity contribution in [2.24, 2.45) is 0 Å². The molecule has 0 aromatic carbocycles. The van der Waals surface area contributed by atoms with Crippen LogP contribution >= 0.6 is 0 Å². The van der Waals surface area contributed by atoms with E-state index in [1.54, 1.807) is 5.82 Å². The van der Waals surface area contributed by atoms with Crippen molar-refractivity contribution in [2.75, 3.05) is 0 Å². The van der Waals surface area contributed by atoms with Crippen molar-refractivity contribution in [1.29, 1.82) is 0 Å². The molecule has 0 saturated carbocycles. The van der Waals surface area contributed by atoms with Crippen LogP contribution in [0.5, 0.6) is 0 Å². The Kier molecular flexibility index (Phi) is 27.6. The Morgan fingerprint density at radius 3 is 1.20 bits per heavy atom. The van der Waals surface area contributed by atoms with Crippen LogP contribution in [-0.4, -0.2) is 4.57 Å². The molecule has 40 heavy (non-hydrogen) atoms. The number of aryl methyl sites for hydroxylation is 2. The van der Waals surface area contributed by atoms with Gasteiger partial charge in [-0.25, -0.2) is 9.13 Å². The SMILES string of the molecule is CCCCCCCCCCCCCCCCCC[n+]1ccn(CCCCCCCCCC)c1CCCCCCC. The maximum absolute atomic E-state index is 2.62. The molecule has 0 aliphatic heterocycles. The van der Waals surface area contributed by atoms with E-state index in [-0.39, 0.29) is 0 Å². The summed E-state index contributed by atoms with van der Waals surface area (Å²) >= 11 is 0. The van der Waals surface area contributed by atoms with Crippen molar-refractivity contribution in [3.05, 3.63) is 18.2 Å². The van der Waals surface area contributed by atoms with E-state index in [1.165, 1.54) is 206 Å². The second-order valence-corrected chi connectivity index (χ2v) is 13.0. The maximum atomic E-state index is 2.62. The van der Waals surface area contributed by atoms with E-state index >= 15 is 0 Å². The summed E-state index contributed by atoms with van der Waals surface area (Å²) in [5.41, 5.74) is 0. The van der Waals surface area contributed by atoms with E-state index in [4.69, 9.17) is 0 Å². The Labute approximate surface area is 253 Å². The van der Waals surface area contributed by atoms with Gasteiger partial charge < -0.3 is 0 Å². The molecule has 0 atom stereocenters. The smallest absolute Gasteiger partial charge is 0.234 e. The van der Waals surface area contributed by atoms with Crippen molar-refractivity contribution in [2.45, 2.75) is 226 Å². The minimum atomic E-state index is 1.23. The Balaban J connectivity index is 2.17. The van der Waals surface area contributed by atoms with Crippen LogP contribution in [0.2, 0.25) is 0 Å². The van der Waals surface area contributed by atoms with Gasteiger partial charge >= 0.3 is 0 Å². The highest BCUT2D eigenvalue weighted by atomic mass is 15.1. The molecule has 0 bridgehead atoms. The van der Waals surface area contributed by atoms with Gasteiger partial charge in [0.1, 0.15) is 12.4 Å². The lowest BCUT2D eigenvalue weighted by molar-refractivity contribution is -0.704. The van der Waals surface area contributed by atoms with Gasteiger partial charge in [0, 0.05) is 6.42 Å². The third-order valence-corrected chi connectivity index (χ3v) is 9.10. The van der Waals surface area contributed by atoms with E-state index in [0.717, 1.165) is 0 Å². The lowest BCUT2D eigenvalue weighted by Crippen LogP contribution is -2.37. The van der Waals surface area contributed by atoms with Crippen LogP contribution in [0.3, 0.4) is 0 Å². The highest BCUT2D eigenvalue weighted by Gasteiger charge is 2.16. The first kappa shape index (κ1) is 37.2. The van der Waals surface area contributed by atoms with E-state index in [0.29, 0.717) is 0 Å². The summed E-state index contributed by atoms with van der Waals surface area (Å²) in [4.78, 5) is 0. The molecule has 0 amide bonds. The van der Waals surface area contributed by atoms with E-state index in [9.17, 15) is 0 Å². The average molecular weight is 560 g/mol. The molecule has 1 heterocycles. The van der Waals surface area contributed by atoms with Gasteiger partial charge in [-0.1, -0.05) is 175 Å². The number of nitrogens with zero attached hydrogens (tertiary/aromatic N) is 2. The minimum Gasteiger partial charge on any atom is -0.234 e. The number of unbranched alkanes of at least 4 members (excludes halogenated alkanes) is 26. The molecule has 0 fully saturated rings. The fourth-order valence-electron chi connectivity index (χ4n) is 6.33. The number of hydrogen-bond donors (Lipinski definition) is 0. The molecule has 0 spiro atoms. The highest BCUT2D eigenvalue weighted by Crippen LogP contribution is 2.15. The summed E-state index contributed by atoms with van der Waals surface area (Å²) in [5, 5.41) is 0. The van der Waals surface area contributed by atoms with Crippen LogP contribution in [0, 0.1) is 0 Å². The van der Waals surface area contributed by atoms with Crippen LogP contribution in [0.4, 0.5) is 0 Å². The zero-order valence-electron chi connectivity index (χ0n) is 28.2. The van der Waals surface area contributed by atoms with Crippen LogP contribution in [0.25, 0.3) is 0 Å². The van der Waals surface area contributed by atoms with Gasteiger partial charge in [-0.15, -0.1) is 0 Å². The molecule has 236 valence electrons. The van der Waals surface area contributed by atoms with Gasteiger partial charge in [-0.2, -0.15) is 0 Å². The fraction of sp³-hybridized carbons (Fsp3) is 0.921. The highest BCUT2D eigenvalue weighted by molar-refractivity contribution is 4.84. The first-order valence-electron chi connectivity index (χ1n) is 18.9. The van der Waals surface area contributed by atoms with Gasteiger partial charge in [0.05, 0.1) is 13.1 Å². The molecule has 0 aliphatic carbocycles. The standard InChI is InChI=1S/C38H75N2/c1-4-7-10-13-15-17-18-19-20-21-22-23-24-26-29-32-35-40-37-36-39(38(40)33-30-27-12-9-6-3)34-31-28-25-16-14-11-8-5-2/h36-37H,4-35H2,1-3H3/q+1. The second-order valence-electron chi connectivity index (χ2n) is 13.0. The zero-order valence-corrected chi connectivity index (χ0v) is 28.2. The summed E-state index contributed by atoms with van der Waals surface area (Å²) in [7, 11) is 0. The summed E-state index contributed by atoms with van der Waals surface area (Å²) in [5.74, 6) is 1.61. The minimum absolute atomic E-state index is 1.23. The molecule has 0 aliphatic rings. The third-order valence-electron chi connectivity index (χ3n) is 9.10. The first-order chi connectivity index (χ1) is 19.8. The summed E-state index contributed by atoms with van der Waals surface area (Å²) in [6.45, 7) is 9.40. The number of aromatic nitrogens is 2. The van der Waals surface area contributed by atoms with Gasteiger partial charge in [0.15, 0.2) is 0 Å². The third kappa shape index (κ3) is 21.9. The summed E-state index contributed by atoms with van der Waals surface area (Å²) < 4.78 is 5.23. The monoisotopic (exact) mass is 560 g/mol. The normalized spacial score (nSPS) is 11.6. The van der Waals surface area contributed by atoms with Crippen LogP contribution in [-0.2, 0) is 19.5 Å². The molecule has 2 heteroatoms. The summed E-state index contributed by atoms with van der Waals surface area (Å²) in [6.07, 6.45) is 47.4. The molecule has 0 N–H and O–H groups in total. The Bertz CT molecular complexity index is 619. The van der Waals surface area contributed by atoms with Crippen molar-refractivity contribution in [3.8, 4) is 0 Å². The van der Waals surface area contributed by atoms with Crippen molar-refractivity contribution in [1.82, 2.24) is 4.57 Å². The molecule has 2 nitrogen and oxygen atoms in total. The van der Waals surface area contributed by atoms with Gasteiger partial charge in [0.2, 0.25) is 0 Å². The number of hydrogen-bond acceptors (Lipinski definition) is 0. The predicted molar refractivity (Wildman–Crippen MR) is 179 cm³/mol. The molecule has 1 rings (SSSR count). The predicted octanol–water partition coefficient (Wildman–Crippen LogP) is 12.7.